The molecule has 9 heteroatoms. The summed E-state index contributed by atoms with van der Waals surface area (Å²) in [6.07, 6.45) is 0. The van der Waals surface area contributed by atoms with Crippen molar-refractivity contribution < 1.29 is 23.6 Å². The van der Waals surface area contributed by atoms with E-state index in [1.54, 1.807) is 6.07 Å². The molecular weight excluding hydrogens is 363 g/mol. The summed E-state index contributed by atoms with van der Waals surface area (Å²) in [5.41, 5.74) is -0.770. The molecule has 0 aliphatic rings. The maximum atomic E-state index is 13.1. The van der Waals surface area contributed by atoms with Gasteiger partial charge in [0.05, 0.1) is 11.0 Å². The molecule has 132 valence electrons. The van der Waals surface area contributed by atoms with Crippen molar-refractivity contribution in [3.05, 3.63) is 69.3 Å². The van der Waals surface area contributed by atoms with Crippen LogP contribution in [-0.4, -0.2) is 23.4 Å². The number of hydrogen-bond acceptors (Lipinski definition) is 6. The van der Waals surface area contributed by atoms with Crippen molar-refractivity contribution in [2.24, 2.45) is 0 Å². The largest absolute Gasteiger partial charge is 0.451 e. The summed E-state index contributed by atoms with van der Waals surface area (Å²) < 4.78 is 18.9. The van der Waals surface area contributed by atoms with Crippen LogP contribution in [0.4, 0.5) is 15.8 Å². The Balaban J connectivity index is 1.64. The number of nitro groups is 1. The van der Waals surface area contributed by atoms with Crippen LogP contribution in [0.1, 0.15) is 9.67 Å². The number of anilines is 1. The molecule has 3 rings (SSSR count). The van der Waals surface area contributed by atoms with Crippen molar-refractivity contribution in [1.82, 2.24) is 0 Å². The van der Waals surface area contributed by atoms with Gasteiger partial charge in [-0.05, 0) is 29.7 Å². The Hall–Kier alpha value is -3.33. The molecule has 0 aliphatic carbocycles. The number of nitro benzene ring substituents is 1. The molecule has 0 radical (unpaired) electrons. The quantitative estimate of drug-likeness (QED) is 0.417. The number of fused-ring (bicyclic) bond motifs is 1. The molecule has 1 aromatic heterocycles. The van der Waals surface area contributed by atoms with Gasteiger partial charge in [0.15, 0.2) is 6.61 Å². The highest BCUT2D eigenvalue weighted by Crippen LogP contribution is 2.26. The summed E-state index contributed by atoms with van der Waals surface area (Å²) in [7, 11) is 0. The first-order valence-electron chi connectivity index (χ1n) is 7.33. The number of ether oxygens (including phenoxy) is 1. The van der Waals surface area contributed by atoms with Crippen molar-refractivity contribution in [3.63, 3.8) is 0 Å². The summed E-state index contributed by atoms with van der Waals surface area (Å²) >= 11 is 1.23. The molecule has 0 spiro atoms. The number of thiophene rings is 1. The smallest absolute Gasteiger partial charge is 0.348 e. The van der Waals surface area contributed by atoms with Crippen molar-refractivity contribution in [3.8, 4) is 0 Å². The van der Waals surface area contributed by atoms with Gasteiger partial charge in [-0.25, -0.2) is 9.18 Å². The van der Waals surface area contributed by atoms with Gasteiger partial charge in [-0.3, -0.25) is 14.9 Å². The summed E-state index contributed by atoms with van der Waals surface area (Å²) in [5.74, 6) is -2.24. The molecule has 0 unspecified atom stereocenters. The van der Waals surface area contributed by atoms with Gasteiger partial charge in [0.25, 0.3) is 11.6 Å². The normalized spacial score (nSPS) is 10.5. The van der Waals surface area contributed by atoms with Crippen LogP contribution >= 0.6 is 11.3 Å². The summed E-state index contributed by atoms with van der Waals surface area (Å²) in [4.78, 5) is 34.3. The third-order valence-electron chi connectivity index (χ3n) is 3.39. The van der Waals surface area contributed by atoms with Crippen molar-refractivity contribution >= 4 is 44.7 Å². The molecule has 0 saturated carbocycles. The van der Waals surface area contributed by atoms with Crippen LogP contribution in [0.3, 0.4) is 0 Å². The van der Waals surface area contributed by atoms with Gasteiger partial charge in [0.2, 0.25) is 0 Å². The SMILES string of the molecule is O=C(COC(=O)c1cc2ccccc2s1)Nc1ccc(F)cc1[N+](=O)[O-]. The molecule has 3 aromatic rings. The number of nitrogens with zero attached hydrogens (tertiary/aromatic N) is 1. The Labute approximate surface area is 150 Å². The van der Waals surface area contributed by atoms with Gasteiger partial charge in [-0.15, -0.1) is 11.3 Å². The number of benzene rings is 2. The average molecular weight is 374 g/mol. The van der Waals surface area contributed by atoms with E-state index in [0.717, 1.165) is 22.2 Å². The number of esters is 1. The van der Waals surface area contributed by atoms with Crippen molar-refractivity contribution in [1.29, 1.82) is 0 Å². The molecule has 0 fully saturated rings. The number of amides is 1. The third-order valence-corrected chi connectivity index (χ3v) is 4.49. The van der Waals surface area contributed by atoms with E-state index in [0.29, 0.717) is 10.9 Å². The minimum absolute atomic E-state index is 0.181. The van der Waals surface area contributed by atoms with Gasteiger partial charge < -0.3 is 10.1 Å². The van der Waals surface area contributed by atoms with Gasteiger partial charge in [-0.1, -0.05) is 18.2 Å². The molecule has 26 heavy (non-hydrogen) atoms. The number of rotatable bonds is 5. The molecule has 2 aromatic carbocycles. The second-order valence-electron chi connectivity index (χ2n) is 5.19. The minimum atomic E-state index is -0.818. The maximum absolute atomic E-state index is 13.1. The van der Waals surface area contributed by atoms with E-state index < -0.39 is 34.9 Å². The number of carbonyl (C=O) groups is 2. The highest BCUT2D eigenvalue weighted by atomic mass is 32.1. The van der Waals surface area contributed by atoms with Gasteiger partial charge in [0, 0.05) is 4.70 Å². The van der Waals surface area contributed by atoms with Crippen LogP contribution in [-0.2, 0) is 9.53 Å². The Morgan fingerprint density at radius 3 is 2.69 bits per heavy atom. The Bertz CT molecular complexity index is 984. The fraction of sp³-hybridized carbons (Fsp3) is 0.0588. The summed E-state index contributed by atoms with van der Waals surface area (Å²) in [5, 5.41) is 14.0. The minimum Gasteiger partial charge on any atom is -0.451 e. The molecule has 1 N–H and O–H groups in total. The molecule has 0 saturated heterocycles. The lowest BCUT2D eigenvalue weighted by atomic mass is 10.2. The molecule has 0 aliphatic heterocycles. The highest BCUT2D eigenvalue weighted by Gasteiger charge is 2.18. The van der Waals surface area contributed by atoms with Crippen LogP contribution < -0.4 is 5.32 Å². The predicted octanol–water partition coefficient (Wildman–Crippen LogP) is 3.74. The van der Waals surface area contributed by atoms with E-state index in [9.17, 15) is 24.1 Å². The first kappa shape index (κ1) is 17.5. The van der Waals surface area contributed by atoms with Gasteiger partial charge in [-0.2, -0.15) is 0 Å². The summed E-state index contributed by atoms with van der Waals surface area (Å²) in [6.45, 7) is -0.623. The van der Waals surface area contributed by atoms with E-state index in [4.69, 9.17) is 4.74 Å². The highest BCUT2D eigenvalue weighted by molar-refractivity contribution is 7.20. The topological polar surface area (TPSA) is 98.5 Å². The van der Waals surface area contributed by atoms with E-state index in [-0.39, 0.29) is 5.69 Å². The molecule has 7 nitrogen and oxygen atoms in total. The lowest BCUT2D eigenvalue weighted by molar-refractivity contribution is -0.384. The summed E-state index contributed by atoms with van der Waals surface area (Å²) in [6, 6.07) is 11.8. The van der Waals surface area contributed by atoms with Crippen LogP contribution in [0.5, 0.6) is 0 Å². The second-order valence-corrected chi connectivity index (χ2v) is 6.28. The first-order valence-corrected chi connectivity index (χ1v) is 8.15. The molecule has 0 atom stereocenters. The fourth-order valence-corrected chi connectivity index (χ4v) is 3.19. The van der Waals surface area contributed by atoms with E-state index >= 15 is 0 Å². The van der Waals surface area contributed by atoms with Crippen LogP contribution in [0.2, 0.25) is 0 Å². The monoisotopic (exact) mass is 374 g/mol. The van der Waals surface area contributed by atoms with Gasteiger partial charge >= 0.3 is 5.97 Å². The number of halogens is 1. The van der Waals surface area contributed by atoms with Crippen molar-refractivity contribution in [2.45, 2.75) is 0 Å². The third kappa shape index (κ3) is 3.83. The zero-order chi connectivity index (χ0) is 18.7. The molecule has 0 bridgehead atoms. The lowest BCUT2D eigenvalue weighted by Gasteiger charge is -2.06. The van der Waals surface area contributed by atoms with E-state index in [2.05, 4.69) is 5.32 Å². The lowest BCUT2D eigenvalue weighted by Crippen LogP contribution is -2.21. The Morgan fingerprint density at radius 2 is 1.96 bits per heavy atom. The van der Waals surface area contributed by atoms with Crippen molar-refractivity contribution in [2.75, 3.05) is 11.9 Å². The Morgan fingerprint density at radius 1 is 1.19 bits per heavy atom. The van der Waals surface area contributed by atoms with Gasteiger partial charge in [0.1, 0.15) is 16.4 Å². The fourth-order valence-electron chi connectivity index (χ4n) is 2.23. The number of carbonyl (C=O) groups excluding carboxylic acids is 2. The number of nitrogens with one attached hydrogen (secondary N) is 1. The predicted molar refractivity (Wildman–Crippen MR) is 93.8 cm³/mol. The second kappa shape index (κ2) is 7.28. The van der Waals surface area contributed by atoms with Crippen LogP contribution in [0.25, 0.3) is 10.1 Å². The zero-order valence-corrected chi connectivity index (χ0v) is 13.9. The van der Waals surface area contributed by atoms with E-state index in [1.165, 1.54) is 11.3 Å². The molecular formula is C17H11FN2O5S. The standard InChI is InChI=1S/C17H11FN2O5S/c18-11-5-6-12(13(8-11)20(23)24)19-16(21)9-25-17(22)15-7-10-3-1-2-4-14(10)26-15/h1-8H,9H2,(H,19,21). The van der Waals surface area contributed by atoms with Crippen LogP contribution in [0, 0.1) is 15.9 Å². The average Bonchev–Trinajstić information content (AvgIpc) is 3.05. The first-order chi connectivity index (χ1) is 12.4. The molecule has 1 amide bonds. The Kier molecular flexibility index (Phi) is 4.90. The zero-order valence-electron chi connectivity index (χ0n) is 13.1. The maximum Gasteiger partial charge on any atom is 0.348 e. The molecule has 1 heterocycles. The number of hydrogen-bond donors (Lipinski definition) is 1. The van der Waals surface area contributed by atoms with E-state index in [1.807, 2.05) is 24.3 Å². The van der Waals surface area contributed by atoms with Crippen LogP contribution in [0.15, 0.2) is 48.5 Å².